The normalized spacial score (nSPS) is 11.5. The third kappa shape index (κ3) is 2.78. The number of hydrogen-bond acceptors (Lipinski definition) is 5. The molecular weight excluding hydrogens is 334 g/mol. The third-order valence-corrected chi connectivity index (χ3v) is 6.17. The van der Waals surface area contributed by atoms with Crippen LogP contribution in [0, 0.1) is 20.8 Å². The predicted octanol–water partition coefficient (Wildman–Crippen LogP) is 5.46. The Hall–Kier alpha value is -1.98. The molecule has 0 saturated heterocycles. The molecule has 0 aliphatic heterocycles. The Morgan fingerprint density at radius 3 is 2.58 bits per heavy atom. The third-order valence-electron chi connectivity index (χ3n) is 3.91. The lowest BCUT2D eigenvalue weighted by Crippen LogP contribution is -1.92. The molecule has 0 unspecified atom stereocenters. The Bertz CT molecular complexity index is 1040. The van der Waals surface area contributed by atoms with Crippen LogP contribution in [0.5, 0.6) is 0 Å². The van der Waals surface area contributed by atoms with Gasteiger partial charge < -0.3 is 0 Å². The van der Waals surface area contributed by atoms with Crippen molar-refractivity contribution < 1.29 is 0 Å². The molecule has 4 rings (SSSR count). The number of aryl methyl sites for hydroxylation is 3. The minimum Gasteiger partial charge on any atom is -0.242 e. The monoisotopic (exact) mass is 351 g/mol. The van der Waals surface area contributed by atoms with Crippen LogP contribution in [-0.4, -0.2) is 15.0 Å². The van der Waals surface area contributed by atoms with E-state index in [1.165, 1.54) is 16.5 Å². The van der Waals surface area contributed by atoms with E-state index in [9.17, 15) is 0 Å². The number of nitrogens with zero attached hydrogens (tertiary/aromatic N) is 3. The van der Waals surface area contributed by atoms with Crippen LogP contribution in [0.2, 0.25) is 0 Å². The molecule has 0 N–H and O–H groups in total. The van der Waals surface area contributed by atoms with E-state index in [1.54, 1.807) is 23.1 Å². The van der Waals surface area contributed by atoms with E-state index in [4.69, 9.17) is 15.0 Å². The molecule has 120 valence electrons. The molecule has 3 heterocycles. The smallest absolute Gasteiger partial charge is 0.127 e. The Morgan fingerprint density at radius 1 is 1.00 bits per heavy atom. The number of rotatable bonds is 3. The first-order valence-corrected chi connectivity index (χ1v) is 9.64. The highest BCUT2D eigenvalue weighted by Crippen LogP contribution is 2.39. The standard InChI is InChI=1S/C19H17N3S2/c1-11-9-12(2)20-18-15(11)16-17(24-18)19(22-13(3)21-16)23-10-14-7-5-4-6-8-14/h4-9H,10H2,1-3H3. The molecule has 0 bridgehead atoms. The molecule has 3 aromatic heterocycles. The number of thioether (sulfide) groups is 1. The Labute approximate surface area is 149 Å². The second-order valence-corrected chi connectivity index (χ2v) is 7.85. The predicted molar refractivity (Wildman–Crippen MR) is 103 cm³/mol. The second-order valence-electron chi connectivity index (χ2n) is 5.89. The molecule has 0 aliphatic carbocycles. The maximum absolute atomic E-state index is 4.72. The summed E-state index contributed by atoms with van der Waals surface area (Å²) in [5.74, 6) is 1.73. The lowest BCUT2D eigenvalue weighted by Gasteiger charge is -2.04. The van der Waals surface area contributed by atoms with Crippen LogP contribution in [0.3, 0.4) is 0 Å². The lowest BCUT2D eigenvalue weighted by molar-refractivity contribution is 1.02. The minimum atomic E-state index is 0.817. The van der Waals surface area contributed by atoms with E-state index in [0.29, 0.717) is 0 Å². The SMILES string of the molecule is Cc1cc(C)c2c(n1)sc1c(SCc3ccccc3)nc(C)nc12. The van der Waals surface area contributed by atoms with Gasteiger partial charge >= 0.3 is 0 Å². The second kappa shape index (κ2) is 6.15. The molecule has 0 amide bonds. The van der Waals surface area contributed by atoms with E-state index in [1.807, 2.05) is 19.9 Å². The molecule has 4 aromatic rings. The molecule has 0 atom stereocenters. The first-order valence-electron chi connectivity index (χ1n) is 7.83. The maximum Gasteiger partial charge on any atom is 0.127 e. The van der Waals surface area contributed by atoms with E-state index in [0.717, 1.165) is 37.3 Å². The summed E-state index contributed by atoms with van der Waals surface area (Å²) in [5, 5.41) is 2.23. The summed E-state index contributed by atoms with van der Waals surface area (Å²) < 4.78 is 1.15. The molecule has 0 radical (unpaired) electrons. The number of fused-ring (bicyclic) bond motifs is 3. The zero-order chi connectivity index (χ0) is 16.7. The molecule has 24 heavy (non-hydrogen) atoms. The van der Waals surface area contributed by atoms with E-state index >= 15 is 0 Å². The summed E-state index contributed by atoms with van der Waals surface area (Å²) in [6.07, 6.45) is 0. The number of thiophene rings is 1. The van der Waals surface area contributed by atoms with Crippen molar-refractivity contribution in [3.8, 4) is 0 Å². The van der Waals surface area contributed by atoms with Gasteiger partial charge in [0.2, 0.25) is 0 Å². The van der Waals surface area contributed by atoms with Crippen LogP contribution < -0.4 is 0 Å². The van der Waals surface area contributed by atoms with E-state index in [2.05, 4.69) is 37.3 Å². The molecule has 0 fully saturated rings. The van der Waals surface area contributed by atoms with Crippen molar-refractivity contribution in [2.24, 2.45) is 0 Å². The quantitative estimate of drug-likeness (QED) is 0.363. The highest BCUT2D eigenvalue weighted by Gasteiger charge is 2.16. The zero-order valence-electron chi connectivity index (χ0n) is 13.8. The largest absolute Gasteiger partial charge is 0.242 e. The van der Waals surface area contributed by atoms with Crippen molar-refractivity contribution in [3.63, 3.8) is 0 Å². The summed E-state index contributed by atoms with van der Waals surface area (Å²) in [6, 6.07) is 12.6. The molecule has 0 aliphatic rings. The van der Waals surface area contributed by atoms with Crippen molar-refractivity contribution in [1.29, 1.82) is 0 Å². The van der Waals surface area contributed by atoms with Crippen LogP contribution in [-0.2, 0) is 5.75 Å². The summed E-state index contributed by atoms with van der Waals surface area (Å²) in [4.78, 5) is 15.2. The fourth-order valence-electron chi connectivity index (χ4n) is 2.88. The van der Waals surface area contributed by atoms with Gasteiger partial charge in [-0.1, -0.05) is 30.3 Å². The highest BCUT2D eigenvalue weighted by atomic mass is 32.2. The van der Waals surface area contributed by atoms with Gasteiger partial charge in [-0.25, -0.2) is 15.0 Å². The van der Waals surface area contributed by atoms with Crippen LogP contribution in [0.15, 0.2) is 41.4 Å². The van der Waals surface area contributed by atoms with E-state index in [-0.39, 0.29) is 0 Å². The number of aromatic nitrogens is 3. The van der Waals surface area contributed by atoms with Gasteiger partial charge in [0, 0.05) is 16.8 Å². The fraction of sp³-hybridized carbons (Fsp3) is 0.211. The maximum atomic E-state index is 4.72. The zero-order valence-corrected chi connectivity index (χ0v) is 15.5. The van der Waals surface area contributed by atoms with Crippen LogP contribution in [0.1, 0.15) is 22.6 Å². The summed E-state index contributed by atoms with van der Waals surface area (Å²) in [7, 11) is 0. The average molecular weight is 352 g/mol. The fourth-order valence-corrected chi connectivity index (χ4v) is 5.22. The molecule has 0 saturated carbocycles. The van der Waals surface area contributed by atoms with Gasteiger partial charge in [0.05, 0.1) is 10.2 Å². The Balaban J connectivity index is 1.85. The van der Waals surface area contributed by atoms with Crippen molar-refractivity contribution in [1.82, 2.24) is 15.0 Å². The van der Waals surface area contributed by atoms with Crippen molar-refractivity contribution in [3.05, 3.63) is 59.0 Å². The van der Waals surface area contributed by atoms with E-state index < -0.39 is 0 Å². The molecular formula is C19H17N3S2. The highest BCUT2D eigenvalue weighted by molar-refractivity contribution is 7.98. The van der Waals surface area contributed by atoms with Crippen LogP contribution >= 0.6 is 23.1 Å². The number of pyridine rings is 1. The average Bonchev–Trinajstić information content (AvgIpc) is 2.91. The summed E-state index contributed by atoms with van der Waals surface area (Å²) >= 11 is 3.48. The summed E-state index contributed by atoms with van der Waals surface area (Å²) in [5.41, 5.74) is 4.64. The lowest BCUT2D eigenvalue weighted by atomic mass is 10.1. The number of hydrogen-bond donors (Lipinski definition) is 0. The van der Waals surface area contributed by atoms with Gasteiger partial charge in [-0.15, -0.1) is 23.1 Å². The topological polar surface area (TPSA) is 38.7 Å². The van der Waals surface area contributed by atoms with Crippen LogP contribution in [0.4, 0.5) is 0 Å². The van der Waals surface area contributed by atoms with Gasteiger partial charge in [0.15, 0.2) is 0 Å². The van der Waals surface area contributed by atoms with Crippen molar-refractivity contribution >= 4 is 43.5 Å². The number of benzene rings is 1. The first kappa shape index (κ1) is 15.5. The minimum absolute atomic E-state index is 0.817. The van der Waals surface area contributed by atoms with Gasteiger partial charge in [-0.3, -0.25) is 0 Å². The van der Waals surface area contributed by atoms with Crippen LogP contribution in [0.25, 0.3) is 20.4 Å². The van der Waals surface area contributed by atoms with Crippen molar-refractivity contribution in [2.45, 2.75) is 31.6 Å². The van der Waals surface area contributed by atoms with Gasteiger partial charge in [-0.05, 0) is 38.0 Å². The Kier molecular flexibility index (Phi) is 3.98. The molecule has 1 aromatic carbocycles. The van der Waals surface area contributed by atoms with Gasteiger partial charge in [0.1, 0.15) is 15.7 Å². The first-order chi connectivity index (χ1) is 11.6. The molecule has 0 spiro atoms. The Morgan fingerprint density at radius 2 is 1.79 bits per heavy atom. The van der Waals surface area contributed by atoms with Crippen molar-refractivity contribution in [2.75, 3.05) is 0 Å². The summed E-state index contributed by atoms with van der Waals surface area (Å²) in [6.45, 7) is 6.14. The molecule has 3 nitrogen and oxygen atoms in total. The molecule has 5 heteroatoms. The van der Waals surface area contributed by atoms with Gasteiger partial charge in [-0.2, -0.15) is 0 Å². The van der Waals surface area contributed by atoms with Gasteiger partial charge in [0.25, 0.3) is 0 Å².